The summed E-state index contributed by atoms with van der Waals surface area (Å²) in [6.07, 6.45) is 29.4. The first-order valence-electron chi connectivity index (χ1n) is 17.2. The summed E-state index contributed by atoms with van der Waals surface area (Å²) in [7, 11) is -2.79. The minimum atomic E-state index is -2.79. The van der Waals surface area contributed by atoms with Gasteiger partial charge >= 0.3 is 0 Å². The van der Waals surface area contributed by atoms with Gasteiger partial charge in [0.15, 0.2) is 11.5 Å². The van der Waals surface area contributed by atoms with Crippen LogP contribution in [0.5, 0.6) is 0 Å². The third-order valence-electron chi connectivity index (χ3n) is 7.92. The number of nitrogens with zero attached hydrogens (tertiary/aromatic N) is 4. The van der Waals surface area contributed by atoms with Crippen molar-refractivity contribution in [3.63, 3.8) is 0 Å². The number of unbranched alkanes of at least 4 members (excludes halogenated alkanes) is 17. The molecular formula is C33H62N5O3PS. The Kier molecular flexibility index (Phi) is 21.3. The number of rotatable bonds is 29. The number of aromatic nitrogens is 4. The van der Waals surface area contributed by atoms with Gasteiger partial charge in [0.25, 0.3) is 0 Å². The van der Waals surface area contributed by atoms with Gasteiger partial charge in [0.1, 0.15) is 18.2 Å². The molecule has 2 aromatic heterocycles. The van der Waals surface area contributed by atoms with Gasteiger partial charge in [-0.3, -0.25) is 4.57 Å². The minimum absolute atomic E-state index is 0.102. The lowest BCUT2D eigenvalue weighted by Crippen LogP contribution is -2.17. The molecule has 0 amide bonds. The first-order chi connectivity index (χ1) is 20.9. The topological polar surface area (TPSA) is 105 Å². The maximum Gasteiger partial charge on any atom is 0.225 e. The molecule has 43 heavy (non-hydrogen) atoms. The Hall–Kier alpha value is -1.15. The zero-order valence-corrected chi connectivity index (χ0v) is 29.4. The number of hydrogen-bond donors (Lipinski definition) is 1. The van der Waals surface area contributed by atoms with E-state index in [4.69, 9.17) is 15.0 Å². The molecule has 8 nitrogen and oxygen atoms in total. The minimum Gasteiger partial charge on any atom is -0.382 e. The van der Waals surface area contributed by atoms with Gasteiger partial charge in [-0.1, -0.05) is 116 Å². The molecule has 0 radical (unpaired) electrons. The molecule has 0 bridgehead atoms. The molecule has 2 N–H and O–H groups in total. The molecule has 0 aromatic carbocycles. The smallest absolute Gasteiger partial charge is 0.225 e. The second kappa shape index (κ2) is 24.1. The second-order valence-corrected chi connectivity index (χ2v) is 16.0. The number of nitrogens with two attached hydrogens (primary N) is 1. The number of anilines is 1. The highest BCUT2D eigenvalue weighted by Gasteiger charge is 2.19. The van der Waals surface area contributed by atoms with Crippen LogP contribution in [0, 0.1) is 0 Å². The normalized spacial score (nSPS) is 13.9. The third-order valence-corrected chi connectivity index (χ3v) is 10.4. The van der Waals surface area contributed by atoms with Crippen molar-refractivity contribution in [1.82, 2.24) is 19.5 Å². The SMILES string of the molecule is CCCCCCCCCCCCCCCCCCCCSCCCOP(C)(=O)CO[C@H](C)Cn1cnc2c(N)ncnc21. The Morgan fingerprint density at radius 3 is 1.93 bits per heavy atom. The number of thioether (sulfide) groups is 1. The van der Waals surface area contributed by atoms with Crippen molar-refractivity contribution in [2.75, 3.05) is 36.9 Å². The molecule has 0 saturated carbocycles. The average molecular weight is 640 g/mol. The number of hydrogen-bond acceptors (Lipinski definition) is 8. The lowest BCUT2D eigenvalue weighted by Gasteiger charge is -2.18. The van der Waals surface area contributed by atoms with Crippen molar-refractivity contribution in [2.45, 2.75) is 148 Å². The van der Waals surface area contributed by atoms with Crippen LogP contribution in [-0.2, 0) is 20.4 Å². The predicted molar refractivity (Wildman–Crippen MR) is 185 cm³/mol. The van der Waals surface area contributed by atoms with E-state index in [2.05, 4.69) is 21.9 Å². The van der Waals surface area contributed by atoms with E-state index in [0.717, 1.165) is 12.2 Å². The highest BCUT2D eigenvalue weighted by molar-refractivity contribution is 7.99. The quantitative estimate of drug-likeness (QED) is 0.0693. The zero-order valence-electron chi connectivity index (χ0n) is 27.6. The van der Waals surface area contributed by atoms with Crippen LogP contribution < -0.4 is 5.73 Å². The van der Waals surface area contributed by atoms with Crippen LogP contribution in [0.1, 0.15) is 136 Å². The molecular weight excluding hydrogens is 577 g/mol. The molecule has 2 rings (SSSR count). The molecule has 1 unspecified atom stereocenters. The molecule has 248 valence electrons. The van der Waals surface area contributed by atoms with Gasteiger partial charge in [-0.25, -0.2) is 15.0 Å². The van der Waals surface area contributed by atoms with E-state index in [-0.39, 0.29) is 12.5 Å². The zero-order chi connectivity index (χ0) is 31.0. The van der Waals surface area contributed by atoms with Crippen LogP contribution in [0.25, 0.3) is 11.2 Å². The van der Waals surface area contributed by atoms with E-state index in [1.807, 2.05) is 23.3 Å². The van der Waals surface area contributed by atoms with Crippen molar-refractivity contribution in [1.29, 1.82) is 0 Å². The predicted octanol–water partition coefficient (Wildman–Crippen LogP) is 9.86. The van der Waals surface area contributed by atoms with Gasteiger partial charge in [-0.2, -0.15) is 11.8 Å². The lowest BCUT2D eigenvalue weighted by molar-refractivity contribution is 0.0801. The van der Waals surface area contributed by atoms with Crippen molar-refractivity contribution in [3.05, 3.63) is 12.7 Å². The van der Waals surface area contributed by atoms with Gasteiger partial charge in [-0.15, -0.1) is 0 Å². The van der Waals surface area contributed by atoms with E-state index >= 15 is 0 Å². The van der Waals surface area contributed by atoms with E-state index in [0.29, 0.717) is 30.1 Å². The van der Waals surface area contributed by atoms with E-state index < -0.39 is 7.37 Å². The molecule has 2 aromatic rings. The maximum atomic E-state index is 12.8. The molecule has 0 aliphatic heterocycles. The molecule has 10 heteroatoms. The Balaban J connectivity index is 1.32. The Labute approximate surface area is 266 Å². The monoisotopic (exact) mass is 639 g/mol. The van der Waals surface area contributed by atoms with Crippen molar-refractivity contribution in [2.24, 2.45) is 0 Å². The molecule has 2 atom stereocenters. The highest BCUT2D eigenvalue weighted by Crippen LogP contribution is 2.42. The van der Waals surface area contributed by atoms with Crippen LogP contribution in [-0.4, -0.2) is 56.7 Å². The average Bonchev–Trinajstić information content (AvgIpc) is 3.40. The summed E-state index contributed by atoms with van der Waals surface area (Å²) in [6, 6.07) is 0. The Morgan fingerprint density at radius 1 is 0.814 bits per heavy atom. The second-order valence-electron chi connectivity index (χ2n) is 12.3. The summed E-state index contributed by atoms with van der Waals surface area (Å²) in [4.78, 5) is 12.5. The van der Waals surface area contributed by atoms with E-state index in [9.17, 15) is 4.57 Å². The van der Waals surface area contributed by atoms with Crippen molar-refractivity contribution in [3.8, 4) is 0 Å². The maximum absolute atomic E-state index is 12.8. The molecule has 0 spiro atoms. The van der Waals surface area contributed by atoms with E-state index in [1.165, 1.54) is 128 Å². The summed E-state index contributed by atoms with van der Waals surface area (Å²) >= 11 is 1.99. The number of ether oxygens (including phenoxy) is 1. The summed E-state index contributed by atoms with van der Waals surface area (Å²) < 4.78 is 26.2. The van der Waals surface area contributed by atoms with Gasteiger partial charge in [0, 0.05) is 6.66 Å². The van der Waals surface area contributed by atoms with Gasteiger partial charge in [0.2, 0.25) is 7.37 Å². The van der Waals surface area contributed by atoms with Gasteiger partial charge < -0.3 is 19.6 Å². The van der Waals surface area contributed by atoms with Crippen LogP contribution in [0.4, 0.5) is 5.82 Å². The summed E-state index contributed by atoms with van der Waals surface area (Å²) in [5.41, 5.74) is 7.10. The van der Waals surface area contributed by atoms with Crippen LogP contribution >= 0.6 is 19.1 Å². The standard InChI is InChI=1S/C33H62N5O3PS/c1-4-5-6-7-8-9-10-11-12-13-14-15-16-17-18-19-20-21-24-43-25-22-23-41-42(3,39)29-40-30(2)26-38-28-37-31-32(34)35-27-36-33(31)38/h27-28,30H,4-26,29H2,1-3H3,(H2,34,35,36)/t30-,42?/m1/s1. The fourth-order valence-electron chi connectivity index (χ4n) is 5.29. The first-order valence-corrected chi connectivity index (χ1v) is 20.7. The fraction of sp³-hybridized carbons (Fsp3) is 0.848. The van der Waals surface area contributed by atoms with Crippen LogP contribution in [0.3, 0.4) is 0 Å². The van der Waals surface area contributed by atoms with Crippen LogP contribution in [0.15, 0.2) is 12.7 Å². The van der Waals surface area contributed by atoms with Crippen molar-refractivity contribution >= 4 is 36.1 Å². The molecule has 0 fully saturated rings. The molecule has 0 saturated heterocycles. The van der Waals surface area contributed by atoms with Gasteiger partial charge in [0.05, 0.1) is 25.6 Å². The lowest BCUT2D eigenvalue weighted by atomic mass is 10.0. The van der Waals surface area contributed by atoms with Crippen LogP contribution in [0.2, 0.25) is 0 Å². The number of fused-ring (bicyclic) bond motifs is 1. The molecule has 0 aliphatic rings. The van der Waals surface area contributed by atoms with E-state index in [1.54, 1.807) is 13.0 Å². The third kappa shape index (κ3) is 18.4. The fourth-order valence-corrected chi connectivity index (χ4v) is 7.34. The molecule has 0 aliphatic carbocycles. The first kappa shape index (κ1) is 38.0. The highest BCUT2D eigenvalue weighted by atomic mass is 32.2. The number of nitrogen functional groups attached to an aromatic ring is 1. The van der Waals surface area contributed by atoms with Gasteiger partial charge in [-0.05, 0) is 31.3 Å². The summed E-state index contributed by atoms with van der Waals surface area (Å²) in [5.74, 6) is 2.62. The Morgan fingerprint density at radius 2 is 1.35 bits per heavy atom. The summed E-state index contributed by atoms with van der Waals surface area (Å²) in [6.45, 7) is 6.93. The van der Waals surface area contributed by atoms with Crippen molar-refractivity contribution < 1.29 is 13.8 Å². The largest absolute Gasteiger partial charge is 0.382 e. The molecule has 2 heterocycles. The number of imidazole rings is 1. The summed E-state index contributed by atoms with van der Waals surface area (Å²) in [5, 5.41) is 0. The Bertz CT molecular complexity index is 1010.